The Morgan fingerprint density at radius 3 is 2.54 bits per heavy atom. The average molecular weight is 385 g/mol. The van der Waals surface area contributed by atoms with E-state index in [0.717, 1.165) is 63.0 Å². The van der Waals surface area contributed by atoms with Crippen LogP contribution in [0.15, 0.2) is 35.4 Å². The van der Waals surface area contributed by atoms with Crippen molar-refractivity contribution in [1.82, 2.24) is 14.8 Å². The molecule has 0 bridgehead atoms. The maximum absolute atomic E-state index is 12.6. The van der Waals surface area contributed by atoms with E-state index in [1.165, 1.54) is 0 Å². The second-order valence-electron chi connectivity index (χ2n) is 7.84. The summed E-state index contributed by atoms with van der Waals surface area (Å²) in [6.45, 7) is 5.61. The summed E-state index contributed by atoms with van der Waals surface area (Å²) in [6, 6.07) is 10.0. The number of likely N-dealkylation sites (tertiary alicyclic amines) is 1. The van der Waals surface area contributed by atoms with Gasteiger partial charge in [-0.15, -0.1) is 0 Å². The highest BCUT2D eigenvalue weighted by atomic mass is 16.2. The molecule has 0 spiro atoms. The van der Waals surface area contributed by atoms with Gasteiger partial charge >= 0.3 is 0 Å². The zero-order chi connectivity index (χ0) is 19.9. The average Bonchev–Trinajstić information content (AvgIpc) is 3.23. The topological polar surface area (TPSA) is 56.2 Å². The number of nitrogens with zero attached hydrogens (tertiary/aromatic N) is 4. The largest absolute Gasteiger partial charge is 0.346 e. The van der Waals surface area contributed by atoms with Gasteiger partial charge in [-0.25, -0.2) is 5.01 Å². The van der Waals surface area contributed by atoms with Gasteiger partial charge in [0.05, 0.1) is 18.8 Å². The number of rotatable bonds is 7. The van der Waals surface area contributed by atoms with Gasteiger partial charge in [0, 0.05) is 25.9 Å². The third-order valence-electron chi connectivity index (χ3n) is 5.72. The molecule has 3 rings (SSSR count). The van der Waals surface area contributed by atoms with E-state index in [-0.39, 0.29) is 17.7 Å². The lowest BCUT2D eigenvalue weighted by Crippen LogP contribution is -2.44. The van der Waals surface area contributed by atoms with E-state index in [1.807, 2.05) is 42.3 Å². The van der Waals surface area contributed by atoms with Gasteiger partial charge in [-0.1, -0.05) is 43.7 Å². The van der Waals surface area contributed by atoms with E-state index >= 15 is 0 Å². The third-order valence-corrected chi connectivity index (χ3v) is 5.72. The molecule has 28 heavy (non-hydrogen) atoms. The Morgan fingerprint density at radius 2 is 1.86 bits per heavy atom. The first-order valence-electron chi connectivity index (χ1n) is 10.5. The molecular formula is C22H32N4O2. The minimum absolute atomic E-state index is 0.0516. The molecule has 2 aliphatic rings. The lowest BCUT2D eigenvalue weighted by Gasteiger charge is -2.33. The minimum atomic E-state index is 0.0516. The van der Waals surface area contributed by atoms with Gasteiger partial charge in [-0.3, -0.25) is 14.5 Å². The zero-order valence-corrected chi connectivity index (χ0v) is 17.1. The van der Waals surface area contributed by atoms with Crippen LogP contribution in [0.25, 0.3) is 0 Å². The Kier molecular flexibility index (Phi) is 7.20. The molecule has 6 heteroatoms. The van der Waals surface area contributed by atoms with Crippen LogP contribution in [-0.4, -0.2) is 72.1 Å². The van der Waals surface area contributed by atoms with Crippen LogP contribution in [0.1, 0.15) is 44.6 Å². The van der Waals surface area contributed by atoms with Crippen molar-refractivity contribution < 1.29 is 9.59 Å². The summed E-state index contributed by atoms with van der Waals surface area (Å²) in [6.07, 6.45) is 4.62. The second-order valence-corrected chi connectivity index (χ2v) is 7.84. The lowest BCUT2D eigenvalue weighted by atomic mass is 9.95. The summed E-state index contributed by atoms with van der Waals surface area (Å²) in [7, 11) is 1.91. The first kappa shape index (κ1) is 20.5. The molecule has 0 atom stereocenters. The van der Waals surface area contributed by atoms with E-state index in [0.29, 0.717) is 13.1 Å². The number of piperidine rings is 1. The van der Waals surface area contributed by atoms with Crippen molar-refractivity contribution in [3.8, 4) is 0 Å². The van der Waals surface area contributed by atoms with Gasteiger partial charge in [0.2, 0.25) is 5.91 Å². The lowest BCUT2D eigenvalue weighted by molar-refractivity contribution is -0.136. The van der Waals surface area contributed by atoms with Gasteiger partial charge < -0.3 is 4.90 Å². The van der Waals surface area contributed by atoms with Crippen molar-refractivity contribution in [1.29, 1.82) is 0 Å². The van der Waals surface area contributed by atoms with Gasteiger partial charge in [-0.2, -0.15) is 5.10 Å². The van der Waals surface area contributed by atoms with Crippen LogP contribution in [0.2, 0.25) is 0 Å². The number of unbranched alkanes of at least 4 members (excludes halogenated alkanes) is 1. The highest BCUT2D eigenvalue weighted by molar-refractivity contribution is 6.02. The summed E-state index contributed by atoms with van der Waals surface area (Å²) in [5.74, 6) is 0.412. The quantitative estimate of drug-likeness (QED) is 0.726. The van der Waals surface area contributed by atoms with Crippen LogP contribution >= 0.6 is 0 Å². The Labute approximate surface area is 168 Å². The predicted octanol–water partition coefficient (Wildman–Crippen LogP) is 2.59. The van der Waals surface area contributed by atoms with Crippen LogP contribution < -0.4 is 0 Å². The monoisotopic (exact) mass is 384 g/mol. The van der Waals surface area contributed by atoms with Crippen LogP contribution in [0.3, 0.4) is 0 Å². The number of amides is 2. The van der Waals surface area contributed by atoms with E-state index in [4.69, 9.17) is 0 Å². The first-order valence-corrected chi connectivity index (χ1v) is 10.5. The maximum Gasteiger partial charge on any atom is 0.256 e. The molecule has 1 fully saturated rings. The standard InChI is InChI=1S/C22H32N4O2/c1-3-4-13-24(2)22(28)19-10-14-25(15-11-19)17-21(27)26-16-12-20(23-26)18-8-6-5-7-9-18/h5-9,19H,3-4,10-17H2,1-2H3. The number of hydrogen-bond donors (Lipinski definition) is 0. The van der Waals surface area contributed by atoms with Crippen molar-refractivity contribution in [2.75, 3.05) is 39.8 Å². The number of benzene rings is 1. The van der Waals surface area contributed by atoms with E-state index in [1.54, 1.807) is 5.01 Å². The first-order chi connectivity index (χ1) is 13.6. The molecule has 2 amide bonds. The number of carbonyl (C=O) groups is 2. The summed E-state index contributed by atoms with van der Waals surface area (Å²) in [5, 5.41) is 6.14. The van der Waals surface area contributed by atoms with Gasteiger partial charge in [0.1, 0.15) is 0 Å². The molecule has 0 saturated carbocycles. The summed E-state index contributed by atoms with van der Waals surface area (Å²) in [4.78, 5) is 29.2. The number of hydrazone groups is 1. The van der Waals surface area contributed by atoms with Gasteiger partial charge in [0.15, 0.2) is 0 Å². The molecule has 1 aromatic carbocycles. The molecular weight excluding hydrogens is 352 g/mol. The van der Waals surface area contributed by atoms with Crippen molar-refractivity contribution >= 4 is 17.5 Å². The fourth-order valence-electron chi connectivity index (χ4n) is 3.90. The third kappa shape index (κ3) is 5.19. The van der Waals surface area contributed by atoms with Crippen LogP contribution in [0, 0.1) is 5.92 Å². The van der Waals surface area contributed by atoms with Gasteiger partial charge in [0.25, 0.3) is 5.91 Å². The Morgan fingerprint density at radius 1 is 1.14 bits per heavy atom. The molecule has 6 nitrogen and oxygen atoms in total. The zero-order valence-electron chi connectivity index (χ0n) is 17.1. The molecule has 2 heterocycles. The summed E-state index contributed by atoms with van der Waals surface area (Å²) in [5.41, 5.74) is 2.07. The van der Waals surface area contributed by atoms with E-state index in [9.17, 15) is 9.59 Å². The van der Waals surface area contributed by atoms with E-state index < -0.39 is 0 Å². The van der Waals surface area contributed by atoms with Crippen molar-refractivity contribution in [2.45, 2.75) is 39.0 Å². The molecule has 2 aliphatic heterocycles. The smallest absolute Gasteiger partial charge is 0.256 e. The van der Waals surface area contributed by atoms with E-state index in [2.05, 4.69) is 16.9 Å². The van der Waals surface area contributed by atoms with Gasteiger partial charge in [-0.05, 0) is 37.9 Å². The molecule has 0 unspecified atom stereocenters. The highest BCUT2D eigenvalue weighted by Gasteiger charge is 2.29. The number of carbonyl (C=O) groups excluding carboxylic acids is 2. The Balaban J connectivity index is 1.45. The van der Waals surface area contributed by atoms with Crippen LogP contribution in [-0.2, 0) is 9.59 Å². The van der Waals surface area contributed by atoms with Crippen molar-refractivity contribution in [3.63, 3.8) is 0 Å². The fourth-order valence-corrected chi connectivity index (χ4v) is 3.90. The molecule has 0 radical (unpaired) electrons. The molecule has 152 valence electrons. The minimum Gasteiger partial charge on any atom is -0.346 e. The molecule has 0 N–H and O–H groups in total. The second kappa shape index (κ2) is 9.82. The molecule has 0 aromatic heterocycles. The SMILES string of the molecule is CCCCN(C)C(=O)C1CCN(CC(=O)N2CCC(c3ccccc3)=N2)CC1. The fraction of sp³-hybridized carbons (Fsp3) is 0.591. The normalized spacial score (nSPS) is 18.2. The highest BCUT2D eigenvalue weighted by Crippen LogP contribution is 2.20. The maximum atomic E-state index is 12.6. The summed E-state index contributed by atoms with van der Waals surface area (Å²) >= 11 is 0. The summed E-state index contributed by atoms with van der Waals surface area (Å²) < 4.78 is 0. The molecule has 1 saturated heterocycles. The van der Waals surface area contributed by atoms with Crippen molar-refractivity contribution in [2.24, 2.45) is 11.0 Å². The number of hydrogen-bond acceptors (Lipinski definition) is 4. The molecule has 0 aliphatic carbocycles. The Hall–Kier alpha value is -2.21. The predicted molar refractivity (Wildman–Crippen MR) is 111 cm³/mol. The van der Waals surface area contributed by atoms with Crippen LogP contribution in [0.5, 0.6) is 0 Å². The van der Waals surface area contributed by atoms with Crippen LogP contribution in [0.4, 0.5) is 0 Å². The van der Waals surface area contributed by atoms with Crippen molar-refractivity contribution in [3.05, 3.63) is 35.9 Å². The Bertz CT molecular complexity index is 696. The molecule has 1 aromatic rings.